The van der Waals surface area contributed by atoms with Crippen molar-refractivity contribution in [3.8, 4) is 11.5 Å². The molecular formula is C11H18ClNO2. The van der Waals surface area contributed by atoms with Crippen molar-refractivity contribution in [2.75, 3.05) is 27.8 Å². The van der Waals surface area contributed by atoms with Gasteiger partial charge in [-0.05, 0) is 43.8 Å². The lowest BCUT2D eigenvalue weighted by Crippen LogP contribution is -2.11. The molecule has 3 nitrogen and oxygen atoms in total. The predicted octanol–water partition coefficient (Wildman–Crippen LogP) is 1.89. The van der Waals surface area contributed by atoms with Crippen LogP contribution in [0.3, 0.4) is 0 Å². The lowest BCUT2D eigenvalue weighted by atomic mass is 10.1. The Morgan fingerprint density at radius 3 is 2.47 bits per heavy atom. The summed E-state index contributed by atoms with van der Waals surface area (Å²) in [5, 5.41) is 3.11. The largest absolute Gasteiger partial charge is 0.497 e. The van der Waals surface area contributed by atoms with Gasteiger partial charge in [0.25, 0.3) is 0 Å². The summed E-state index contributed by atoms with van der Waals surface area (Å²) in [6.07, 6.45) is 0.941. The van der Waals surface area contributed by atoms with Crippen LogP contribution >= 0.6 is 12.4 Å². The van der Waals surface area contributed by atoms with Gasteiger partial charge in [0, 0.05) is 0 Å². The Morgan fingerprint density at radius 2 is 1.93 bits per heavy atom. The van der Waals surface area contributed by atoms with Crippen LogP contribution in [-0.2, 0) is 6.42 Å². The predicted molar refractivity (Wildman–Crippen MR) is 64.4 cm³/mol. The highest BCUT2D eigenvalue weighted by Crippen LogP contribution is 2.23. The average molecular weight is 232 g/mol. The molecule has 0 amide bonds. The van der Waals surface area contributed by atoms with Gasteiger partial charge in [-0.25, -0.2) is 0 Å². The molecule has 1 N–H and O–H groups in total. The fraction of sp³-hybridized carbons (Fsp3) is 0.455. The van der Waals surface area contributed by atoms with Crippen LogP contribution in [0.5, 0.6) is 11.5 Å². The van der Waals surface area contributed by atoms with Crippen LogP contribution in [0.15, 0.2) is 18.2 Å². The number of hydrogen-bond acceptors (Lipinski definition) is 3. The minimum atomic E-state index is 0. The summed E-state index contributed by atoms with van der Waals surface area (Å²) in [4.78, 5) is 0. The van der Waals surface area contributed by atoms with Crippen molar-refractivity contribution in [1.29, 1.82) is 0 Å². The Bertz CT molecular complexity index is 292. The first-order valence-corrected chi connectivity index (χ1v) is 4.67. The number of ether oxygens (including phenoxy) is 2. The van der Waals surface area contributed by atoms with Gasteiger partial charge in [0.2, 0.25) is 0 Å². The summed E-state index contributed by atoms with van der Waals surface area (Å²) in [5.41, 5.74) is 1.17. The monoisotopic (exact) mass is 231 g/mol. The molecule has 0 saturated carbocycles. The van der Waals surface area contributed by atoms with E-state index in [1.807, 2.05) is 25.2 Å². The van der Waals surface area contributed by atoms with E-state index in [4.69, 9.17) is 9.47 Å². The van der Waals surface area contributed by atoms with Crippen LogP contribution in [0.25, 0.3) is 0 Å². The van der Waals surface area contributed by atoms with E-state index in [0.717, 1.165) is 24.5 Å². The number of halogens is 1. The molecule has 0 atom stereocenters. The zero-order valence-corrected chi connectivity index (χ0v) is 10.2. The first-order chi connectivity index (χ1) is 6.81. The molecule has 0 aliphatic heterocycles. The fourth-order valence-electron chi connectivity index (χ4n) is 1.34. The molecule has 1 aromatic rings. The van der Waals surface area contributed by atoms with Crippen molar-refractivity contribution in [2.45, 2.75) is 6.42 Å². The Morgan fingerprint density at radius 1 is 1.20 bits per heavy atom. The number of nitrogens with one attached hydrogen (secondary N) is 1. The molecule has 0 aliphatic rings. The third kappa shape index (κ3) is 3.98. The van der Waals surface area contributed by atoms with Gasteiger partial charge in [0.05, 0.1) is 14.2 Å². The van der Waals surface area contributed by atoms with Crippen LogP contribution in [-0.4, -0.2) is 27.8 Å². The summed E-state index contributed by atoms with van der Waals surface area (Å²) in [7, 11) is 5.29. The first kappa shape index (κ1) is 14.1. The Labute approximate surface area is 97.2 Å². The summed E-state index contributed by atoms with van der Waals surface area (Å²) < 4.78 is 10.4. The number of rotatable bonds is 5. The zero-order valence-electron chi connectivity index (χ0n) is 9.37. The minimum absolute atomic E-state index is 0. The minimum Gasteiger partial charge on any atom is -0.497 e. The third-order valence-electron chi connectivity index (χ3n) is 2.13. The molecule has 0 saturated heterocycles. The number of hydrogen-bond donors (Lipinski definition) is 1. The molecule has 0 aliphatic carbocycles. The second-order valence-corrected chi connectivity index (χ2v) is 3.03. The summed E-state index contributed by atoms with van der Waals surface area (Å²) in [6.45, 7) is 0.934. The maximum Gasteiger partial charge on any atom is 0.122 e. The molecule has 0 fully saturated rings. The van der Waals surface area contributed by atoms with Gasteiger partial charge in [0.1, 0.15) is 11.5 Å². The molecule has 0 spiro atoms. The lowest BCUT2D eigenvalue weighted by molar-refractivity contribution is 0.398. The van der Waals surface area contributed by atoms with E-state index < -0.39 is 0 Å². The molecule has 0 unspecified atom stereocenters. The molecule has 1 aromatic carbocycles. The summed E-state index contributed by atoms with van der Waals surface area (Å²) >= 11 is 0. The van der Waals surface area contributed by atoms with Gasteiger partial charge in [-0.15, -0.1) is 12.4 Å². The van der Waals surface area contributed by atoms with Crippen LogP contribution in [0.4, 0.5) is 0 Å². The van der Waals surface area contributed by atoms with E-state index in [0.29, 0.717) is 0 Å². The molecule has 0 bridgehead atoms. The van der Waals surface area contributed by atoms with Crippen molar-refractivity contribution in [3.05, 3.63) is 23.8 Å². The van der Waals surface area contributed by atoms with Gasteiger partial charge in [-0.2, -0.15) is 0 Å². The fourth-order valence-corrected chi connectivity index (χ4v) is 1.34. The highest BCUT2D eigenvalue weighted by atomic mass is 35.5. The lowest BCUT2D eigenvalue weighted by Gasteiger charge is -2.09. The van der Waals surface area contributed by atoms with E-state index in [1.54, 1.807) is 14.2 Å². The van der Waals surface area contributed by atoms with Crippen molar-refractivity contribution in [2.24, 2.45) is 0 Å². The Hall–Kier alpha value is -0.930. The summed E-state index contributed by atoms with van der Waals surface area (Å²) in [6, 6.07) is 5.85. The molecule has 86 valence electrons. The smallest absolute Gasteiger partial charge is 0.122 e. The Kier molecular flexibility index (Phi) is 6.92. The van der Waals surface area contributed by atoms with Crippen LogP contribution in [0, 0.1) is 0 Å². The zero-order chi connectivity index (χ0) is 10.4. The average Bonchev–Trinajstić information content (AvgIpc) is 2.25. The van der Waals surface area contributed by atoms with Crippen molar-refractivity contribution >= 4 is 12.4 Å². The third-order valence-corrected chi connectivity index (χ3v) is 2.13. The van der Waals surface area contributed by atoms with Crippen molar-refractivity contribution in [3.63, 3.8) is 0 Å². The summed E-state index contributed by atoms with van der Waals surface area (Å²) in [5.74, 6) is 1.79. The second-order valence-electron chi connectivity index (χ2n) is 3.03. The standard InChI is InChI=1S/C11H17NO2.ClH/c1-12-7-6-9-8-10(13-2)4-5-11(9)14-3;/h4-5,8,12H,6-7H2,1-3H3;1H. The van der Waals surface area contributed by atoms with Crippen LogP contribution < -0.4 is 14.8 Å². The van der Waals surface area contributed by atoms with Gasteiger partial charge < -0.3 is 14.8 Å². The highest BCUT2D eigenvalue weighted by Gasteiger charge is 2.03. The quantitative estimate of drug-likeness (QED) is 0.840. The topological polar surface area (TPSA) is 30.5 Å². The van der Waals surface area contributed by atoms with E-state index in [1.165, 1.54) is 5.56 Å². The van der Waals surface area contributed by atoms with Crippen LogP contribution in [0.2, 0.25) is 0 Å². The number of benzene rings is 1. The van der Waals surface area contributed by atoms with Gasteiger partial charge in [-0.3, -0.25) is 0 Å². The SMILES string of the molecule is CNCCc1cc(OC)ccc1OC.Cl. The molecule has 1 rings (SSSR count). The van der Waals surface area contributed by atoms with Crippen LogP contribution in [0.1, 0.15) is 5.56 Å². The van der Waals surface area contributed by atoms with E-state index >= 15 is 0 Å². The molecule has 4 heteroatoms. The molecule has 0 aromatic heterocycles. The second kappa shape index (κ2) is 7.37. The van der Waals surface area contributed by atoms with Gasteiger partial charge in [0.15, 0.2) is 0 Å². The maximum atomic E-state index is 5.26. The molecule has 0 radical (unpaired) electrons. The van der Waals surface area contributed by atoms with Gasteiger partial charge >= 0.3 is 0 Å². The maximum absolute atomic E-state index is 5.26. The molecular weight excluding hydrogens is 214 g/mol. The number of likely N-dealkylation sites (N-methyl/N-ethyl adjacent to an activating group) is 1. The van der Waals surface area contributed by atoms with E-state index in [2.05, 4.69) is 5.32 Å². The van der Waals surface area contributed by atoms with Gasteiger partial charge in [-0.1, -0.05) is 0 Å². The molecule has 0 heterocycles. The van der Waals surface area contributed by atoms with E-state index in [-0.39, 0.29) is 12.4 Å². The van der Waals surface area contributed by atoms with Crippen molar-refractivity contribution < 1.29 is 9.47 Å². The first-order valence-electron chi connectivity index (χ1n) is 4.67. The Balaban J connectivity index is 0.00000196. The van der Waals surface area contributed by atoms with E-state index in [9.17, 15) is 0 Å². The number of methoxy groups -OCH3 is 2. The molecule has 15 heavy (non-hydrogen) atoms. The highest BCUT2D eigenvalue weighted by molar-refractivity contribution is 5.85. The van der Waals surface area contributed by atoms with Crippen molar-refractivity contribution in [1.82, 2.24) is 5.32 Å². The normalized spacial score (nSPS) is 9.27.